The second-order valence-electron chi connectivity index (χ2n) is 4.66. The lowest BCUT2D eigenvalue weighted by Crippen LogP contribution is -2.39. The van der Waals surface area contributed by atoms with Crippen molar-refractivity contribution in [1.82, 2.24) is 0 Å². The van der Waals surface area contributed by atoms with E-state index in [2.05, 4.69) is 22.6 Å². The van der Waals surface area contributed by atoms with Crippen molar-refractivity contribution >= 4 is 40.1 Å². The SMILES string of the molecule is CC(=O)OC/C=C(\I)CC1(C)C(=O)CCCC1=O. The Labute approximate surface area is 120 Å². The Balaban J connectivity index is 2.66. The molecule has 0 aromatic heterocycles. The molecule has 100 valence electrons. The average molecular weight is 364 g/mol. The van der Waals surface area contributed by atoms with Crippen molar-refractivity contribution in [2.45, 2.75) is 39.5 Å². The minimum absolute atomic E-state index is 0.0220. The van der Waals surface area contributed by atoms with Crippen molar-refractivity contribution in [2.24, 2.45) is 5.41 Å². The number of Topliss-reactive ketones (excluding diaryl/α,β-unsaturated/α-hetero) is 2. The summed E-state index contributed by atoms with van der Waals surface area (Å²) in [7, 11) is 0. The van der Waals surface area contributed by atoms with E-state index in [1.165, 1.54) is 6.92 Å². The van der Waals surface area contributed by atoms with E-state index in [1.54, 1.807) is 13.0 Å². The fourth-order valence-corrected chi connectivity index (χ4v) is 2.92. The molecule has 0 aliphatic heterocycles. The van der Waals surface area contributed by atoms with Crippen LogP contribution in [0.5, 0.6) is 0 Å². The van der Waals surface area contributed by atoms with Crippen LogP contribution in [0.15, 0.2) is 9.66 Å². The Kier molecular flexibility index (Phi) is 5.49. The van der Waals surface area contributed by atoms with Crippen LogP contribution in [-0.4, -0.2) is 24.1 Å². The molecule has 0 saturated heterocycles. The summed E-state index contributed by atoms with van der Waals surface area (Å²) in [6, 6.07) is 0. The predicted molar refractivity (Wildman–Crippen MR) is 75.3 cm³/mol. The Morgan fingerprint density at radius 3 is 2.44 bits per heavy atom. The number of carbonyl (C=O) groups is 3. The Hall–Kier alpha value is -0.720. The number of hydrogen-bond donors (Lipinski definition) is 0. The normalized spacial score (nSPS) is 19.8. The van der Waals surface area contributed by atoms with E-state index in [9.17, 15) is 14.4 Å². The number of hydrogen-bond acceptors (Lipinski definition) is 4. The maximum absolute atomic E-state index is 11.9. The molecule has 18 heavy (non-hydrogen) atoms. The molecule has 0 aromatic rings. The zero-order chi connectivity index (χ0) is 13.8. The van der Waals surface area contributed by atoms with Crippen molar-refractivity contribution in [3.8, 4) is 0 Å². The highest BCUT2D eigenvalue weighted by molar-refractivity contribution is 14.1. The lowest BCUT2D eigenvalue weighted by atomic mass is 9.71. The number of ether oxygens (including phenoxy) is 1. The molecule has 1 fully saturated rings. The monoisotopic (exact) mass is 364 g/mol. The fraction of sp³-hybridized carbons (Fsp3) is 0.615. The van der Waals surface area contributed by atoms with Crippen LogP contribution >= 0.6 is 22.6 Å². The summed E-state index contributed by atoms with van der Waals surface area (Å²) in [6.07, 6.45) is 3.78. The van der Waals surface area contributed by atoms with Gasteiger partial charge in [0.05, 0.1) is 5.41 Å². The van der Waals surface area contributed by atoms with Crippen LogP contribution in [0.2, 0.25) is 0 Å². The molecule has 0 amide bonds. The lowest BCUT2D eigenvalue weighted by Gasteiger charge is -2.30. The largest absolute Gasteiger partial charge is 0.462 e. The summed E-state index contributed by atoms with van der Waals surface area (Å²) in [5.41, 5.74) is -0.887. The molecule has 0 heterocycles. The van der Waals surface area contributed by atoms with Gasteiger partial charge < -0.3 is 4.74 Å². The molecule has 0 atom stereocenters. The molecule has 0 N–H and O–H groups in total. The first-order valence-corrected chi connectivity index (χ1v) is 6.98. The number of esters is 1. The van der Waals surface area contributed by atoms with Crippen LogP contribution in [0, 0.1) is 5.41 Å². The van der Waals surface area contributed by atoms with Gasteiger partial charge in [0.1, 0.15) is 18.2 Å². The molecule has 0 bridgehead atoms. The number of carbonyl (C=O) groups excluding carboxylic acids is 3. The van der Waals surface area contributed by atoms with Crippen LogP contribution in [0.25, 0.3) is 0 Å². The Morgan fingerprint density at radius 1 is 1.39 bits per heavy atom. The van der Waals surface area contributed by atoms with Gasteiger partial charge in [-0.15, -0.1) is 0 Å². The summed E-state index contributed by atoms with van der Waals surface area (Å²) >= 11 is 2.09. The maximum Gasteiger partial charge on any atom is 0.302 e. The van der Waals surface area contributed by atoms with Crippen LogP contribution in [0.1, 0.15) is 39.5 Å². The number of allylic oxidation sites excluding steroid dienone is 1. The first-order valence-electron chi connectivity index (χ1n) is 5.91. The number of rotatable bonds is 4. The third kappa shape index (κ3) is 3.90. The topological polar surface area (TPSA) is 60.4 Å². The van der Waals surface area contributed by atoms with Gasteiger partial charge in [-0.25, -0.2) is 0 Å². The van der Waals surface area contributed by atoms with Crippen LogP contribution in [-0.2, 0) is 19.1 Å². The zero-order valence-corrected chi connectivity index (χ0v) is 12.8. The van der Waals surface area contributed by atoms with Gasteiger partial charge in [-0.05, 0) is 52.0 Å². The molecular weight excluding hydrogens is 347 g/mol. The molecule has 1 aliphatic rings. The van der Waals surface area contributed by atoms with Gasteiger partial charge in [0.2, 0.25) is 0 Å². The summed E-state index contributed by atoms with van der Waals surface area (Å²) < 4.78 is 5.67. The van der Waals surface area contributed by atoms with E-state index >= 15 is 0 Å². The summed E-state index contributed by atoms with van der Waals surface area (Å²) in [6.45, 7) is 3.25. The lowest BCUT2D eigenvalue weighted by molar-refractivity contribution is -0.143. The third-order valence-electron chi connectivity index (χ3n) is 3.15. The molecule has 1 rings (SSSR count). The fourth-order valence-electron chi connectivity index (χ4n) is 1.97. The third-order valence-corrected chi connectivity index (χ3v) is 3.97. The molecule has 5 heteroatoms. The smallest absolute Gasteiger partial charge is 0.302 e. The molecule has 4 nitrogen and oxygen atoms in total. The number of ketones is 2. The minimum Gasteiger partial charge on any atom is -0.462 e. The molecular formula is C13H17IO4. The molecule has 1 aliphatic carbocycles. The van der Waals surface area contributed by atoms with Crippen molar-refractivity contribution in [3.05, 3.63) is 9.66 Å². The standard InChI is InChI=1S/C13H17IO4/c1-9(15)18-7-6-10(14)8-13(2)11(16)4-3-5-12(13)17/h6H,3-5,7-8H2,1-2H3/b10-6-. The average Bonchev–Trinajstić information content (AvgIpc) is 2.25. The van der Waals surface area contributed by atoms with Gasteiger partial charge in [-0.3, -0.25) is 14.4 Å². The van der Waals surface area contributed by atoms with Gasteiger partial charge in [0, 0.05) is 19.8 Å². The van der Waals surface area contributed by atoms with Crippen molar-refractivity contribution in [1.29, 1.82) is 0 Å². The molecule has 1 saturated carbocycles. The first kappa shape index (κ1) is 15.3. The van der Waals surface area contributed by atoms with Gasteiger partial charge in [0.15, 0.2) is 0 Å². The van der Waals surface area contributed by atoms with Gasteiger partial charge in [-0.1, -0.05) is 0 Å². The van der Waals surface area contributed by atoms with Crippen LogP contribution in [0.4, 0.5) is 0 Å². The van der Waals surface area contributed by atoms with E-state index in [0.29, 0.717) is 25.7 Å². The highest BCUT2D eigenvalue weighted by Crippen LogP contribution is 2.37. The van der Waals surface area contributed by atoms with E-state index in [-0.39, 0.29) is 24.1 Å². The highest BCUT2D eigenvalue weighted by Gasteiger charge is 2.42. The second-order valence-corrected chi connectivity index (χ2v) is 6.05. The second kappa shape index (κ2) is 6.45. The summed E-state index contributed by atoms with van der Waals surface area (Å²) in [5, 5.41) is 0. The summed E-state index contributed by atoms with van der Waals surface area (Å²) in [5.74, 6) is -0.297. The highest BCUT2D eigenvalue weighted by atomic mass is 127. The first-order chi connectivity index (χ1) is 8.36. The van der Waals surface area contributed by atoms with Gasteiger partial charge >= 0.3 is 5.97 Å². The number of halogens is 1. The molecule has 0 radical (unpaired) electrons. The predicted octanol–water partition coefficient (Wildman–Crippen LogP) is 2.59. The van der Waals surface area contributed by atoms with Crippen molar-refractivity contribution in [3.63, 3.8) is 0 Å². The van der Waals surface area contributed by atoms with Crippen LogP contribution < -0.4 is 0 Å². The molecule has 0 aromatic carbocycles. The maximum atomic E-state index is 11.9. The van der Waals surface area contributed by atoms with Gasteiger partial charge in [-0.2, -0.15) is 0 Å². The Bertz CT molecular complexity index is 382. The van der Waals surface area contributed by atoms with E-state index in [1.807, 2.05) is 0 Å². The van der Waals surface area contributed by atoms with E-state index < -0.39 is 5.41 Å². The van der Waals surface area contributed by atoms with Crippen LogP contribution in [0.3, 0.4) is 0 Å². The van der Waals surface area contributed by atoms with Crippen molar-refractivity contribution < 1.29 is 19.1 Å². The molecule has 0 spiro atoms. The van der Waals surface area contributed by atoms with Gasteiger partial charge in [0.25, 0.3) is 0 Å². The van der Waals surface area contributed by atoms with E-state index in [0.717, 1.165) is 3.58 Å². The quantitative estimate of drug-likeness (QED) is 0.437. The summed E-state index contributed by atoms with van der Waals surface area (Å²) in [4.78, 5) is 34.4. The Morgan fingerprint density at radius 2 is 1.94 bits per heavy atom. The van der Waals surface area contributed by atoms with E-state index in [4.69, 9.17) is 4.74 Å². The minimum atomic E-state index is -0.887. The molecule has 0 unspecified atom stereocenters. The van der Waals surface area contributed by atoms with Crippen molar-refractivity contribution in [2.75, 3.05) is 6.61 Å². The zero-order valence-electron chi connectivity index (χ0n) is 10.6.